The van der Waals surface area contributed by atoms with Gasteiger partial charge in [-0.25, -0.2) is 8.78 Å². The summed E-state index contributed by atoms with van der Waals surface area (Å²) in [6.07, 6.45) is 0.328. The lowest BCUT2D eigenvalue weighted by Crippen LogP contribution is -2.04. The molecule has 13 heavy (non-hydrogen) atoms. The number of rotatable bonds is 1. The molecule has 0 atom stereocenters. The standard InChI is InChI=1S/C9H10ClF2N/c1-3-5-8(12)6(10)4(2)7(11)9(5)13/h3,13H2,1-2H3. The van der Waals surface area contributed by atoms with Gasteiger partial charge >= 0.3 is 0 Å². The molecule has 1 nitrogen and oxygen atoms in total. The highest BCUT2D eigenvalue weighted by molar-refractivity contribution is 6.31. The minimum absolute atomic E-state index is 0.0638. The van der Waals surface area contributed by atoms with Gasteiger partial charge in [-0.15, -0.1) is 0 Å². The van der Waals surface area contributed by atoms with Gasteiger partial charge in [-0.1, -0.05) is 18.5 Å². The van der Waals surface area contributed by atoms with Crippen molar-refractivity contribution in [1.82, 2.24) is 0 Å². The third-order valence-corrected chi connectivity index (χ3v) is 2.48. The number of benzene rings is 1. The van der Waals surface area contributed by atoms with Crippen LogP contribution in [-0.2, 0) is 6.42 Å². The van der Waals surface area contributed by atoms with Gasteiger partial charge in [0.15, 0.2) is 5.82 Å². The fourth-order valence-corrected chi connectivity index (χ4v) is 1.39. The van der Waals surface area contributed by atoms with Crippen molar-refractivity contribution in [2.45, 2.75) is 20.3 Å². The van der Waals surface area contributed by atoms with Crippen LogP contribution in [0.4, 0.5) is 14.5 Å². The summed E-state index contributed by atoms with van der Waals surface area (Å²) in [6, 6.07) is 0. The van der Waals surface area contributed by atoms with Crippen LogP contribution in [0.15, 0.2) is 0 Å². The van der Waals surface area contributed by atoms with Gasteiger partial charge < -0.3 is 5.73 Å². The van der Waals surface area contributed by atoms with Crippen molar-refractivity contribution in [2.75, 3.05) is 5.73 Å². The second kappa shape index (κ2) is 3.50. The molecule has 0 amide bonds. The van der Waals surface area contributed by atoms with Crippen LogP contribution in [0.2, 0.25) is 5.02 Å². The lowest BCUT2D eigenvalue weighted by atomic mass is 10.1. The molecular weight excluding hydrogens is 196 g/mol. The highest BCUT2D eigenvalue weighted by atomic mass is 35.5. The summed E-state index contributed by atoms with van der Waals surface area (Å²) in [4.78, 5) is 0. The highest BCUT2D eigenvalue weighted by Crippen LogP contribution is 2.31. The van der Waals surface area contributed by atoms with Gasteiger partial charge in [0.2, 0.25) is 0 Å². The molecule has 0 aliphatic rings. The number of nitrogens with two attached hydrogens (primary N) is 1. The van der Waals surface area contributed by atoms with Gasteiger partial charge in [0.1, 0.15) is 5.82 Å². The van der Waals surface area contributed by atoms with Gasteiger partial charge in [-0.2, -0.15) is 0 Å². The van der Waals surface area contributed by atoms with Crippen molar-refractivity contribution in [3.05, 3.63) is 27.8 Å². The van der Waals surface area contributed by atoms with E-state index < -0.39 is 11.6 Å². The monoisotopic (exact) mass is 205 g/mol. The molecule has 0 bridgehead atoms. The van der Waals surface area contributed by atoms with Crippen LogP contribution >= 0.6 is 11.6 Å². The van der Waals surface area contributed by atoms with E-state index in [0.29, 0.717) is 6.42 Å². The summed E-state index contributed by atoms with van der Waals surface area (Å²) in [6.45, 7) is 3.09. The summed E-state index contributed by atoms with van der Waals surface area (Å²) in [7, 11) is 0. The van der Waals surface area contributed by atoms with E-state index in [2.05, 4.69) is 0 Å². The zero-order valence-corrected chi connectivity index (χ0v) is 8.17. The van der Waals surface area contributed by atoms with Crippen LogP contribution in [0.5, 0.6) is 0 Å². The van der Waals surface area contributed by atoms with E-state index in [0.717, 1.165) is 0 Å². The minimum Gasteiger partial charge on any atom is -0.396 e. The van der Waals surface area contributed by atoms with Crippen molar-refractivity contribution >= 4 is 17.3 Å². The van der Waals surface area contributed by atoms with Crippen molar-refractivity contribution < 1.29 is 8.78 Å². The largest absolute Gasteiger partial charge is 0.396 e. The molecule has 2 N–H and O–H groups in total. The molecule has 0 aromatic heterocycles. The van der Waals surface area contributed by atoms with Crippen molar-refractivity contribution in [3.8, 4) is 0 Å². The van der Waals surface area contributed by atoms with Crippen molar-refractivity contribution in [1.29, 1.82) is 0 Å². The number of nitrogen functional groups attached to an aromatic ring is 1. The molecule has 0 fully saturated rings. The van der Waals surface area contributed by atoms with Gasteiger partial charge in [-0.05, 0) is 13.3 Å². The Morgan fingerprint density at radius 1 is 1.31 bits per heavy atom. The second-order valence-corrected chi connectivity index (χ2v) is 3.19. The first-order chi connectivity index (χ1) is 6.00. The molecule has 0 radical (unpaired) electrons. The maximum Gasteiger partial charge on any atom is 0.150 e. The van der Waals surface area contributed by atoms with Gasteiger partial charge in [-0.3, -0.25) is 0 Å². The first-order valence-electron chi connectivity index (χ1n) is 3.92. The third kappa shape index (κ3) is 1.48. The van der Waals surface area contributed by atoms with E-state index in [1.54, 1.807) is 6.92 Å². The SMILES string of the molecule is CCc1c(N)c(F)c(C)c(Cl)c1F. The Kier molecular flexibility index (Phi) is 2.76. The average molecular weight is 206 g/mol. The summed E-state index contributed by atoms with van der Waals surface area (Å²) in [5, 5.41) is -0.177. The van der Waals surface area contributed by atoms with Crippen LogP contribution in [0.25, 0.3) is 0 Å². The summed E-state index contributed by atoms with van der Waals surface area (Å²) < 4.78 is 26.6. The van der Waals surface area contributed by atoms with Crippen LogP contribution in [0.3, 0.4) is 0 Å². The van der Waals surface area contributed by atoms with Crippen LogP contribution < -0.4 is 5.73 Å². The smallest absolute Gasteiger partial charge is 0.150 e. The highest BCUT2D eigenvalue weighted by Gasteiger charge is 2.17. The van der Waals surface area contributed by atoms with Crippen molar-refractivity contribution in [3.63, 3.8) is 0 Å². The molecule has 1 aromatic rings. The van der Waals surface area contributed by atoms with Crippen LogP contribution in [0, 0.1) is 18.6 Å². The van der Waals surface area contributed by atoms with E-state index in [4.69, 9.17) is 17.3 Å². The lowest BCUT2D eigenvalue weighted by Gasteiger charge is -2.10. The van der Waals surface area contributed by atoms with E-state index in [1.165, 1.54) is 6.92 Å². The van der Waals surface area contributed by atoms with Crippen LogP contribution in [0.1, 0.15) is 18.1 Å². The van der Waals surface area contributed by atoms with Crippen molar-refractivity contribution in [2.24, 2.45) is 0 Å². The fraction of sp³-hybridized carbons (Fsp3) is 0.333. The van der Waals surface area contributed by atoms with E-state index in [-0.39, 0.29) is 21.8 Å². The van der Waals surface area contributed by atoms with E-state index in [1.807, 2.05) is 0 Å². The molecule has 0 heterocycles. The predicted molar refractivity (Wildman–Crippen MR) is 49.9 cm³/mol. The van der Waals surface area contributed by atoms with E-state index >= 15 is 0 Å². The van der Waals surface area contributed by atoms with Gasteiger partial charge in [0, 0.05) is 11.1 Å². The molecule has 0 aliphatic carbocycles. The van der Waals surface area contributed by atoms with Gasteiger partial charge in [0.05, 0.1) is 10.7 Å². The Hall–Kier alpha value is -0.830. The molecule has 1 rings (SSSR count). The molecule has 0 spiro atoms. The summed E-state index contributed by atoms with van der Waals surface area (Å²) >= 11 is 5.57. The topological polar surface area (TPSA) is 26.0 Å². The normalized spacial score (nSPS) is 10.5. The molecule has 1 aromatic carbocycles. The van der Waals surface area contributed by atoms with Gasteiger partial charge in [0.25, 0.3) is 0 Å². The Morgan fingerprint density at radius 2 is 1.85 bits per heavy atom. The molecular formula is C9H10ClF2N. The summed E-state index contributed by atoms with van der Waals surface area (Å²) in [5.41, 5.74) is 5.46. The summed E-state index contributed by atoms with van der Waals surface area (Å²) in [5.74, 6) is -1.23. The third-order valence-electron chi connectivity index (χ3n) is 2.03. The maximum absolute atomic E-state index is 13.3. The maximum atomic E-state index is 13.3. The number of hydrogen-bond acceptors (Lipinski definition) is 1. The molecule has 0 saturated carbocycles. The molecule has 0 aliphatic heterocycles. The molecule has 0 saturated heterocycles. The number of halogens is 3. The first kappa shape index (κ1) is 10.3. The molecule has 0 unspecified atom stereocenters. The Bertz CT molecular complexity index is 321. The second-order valence-electron chi connectivity index (χ2n) is 2.81. The predicted octanol–water partition coefficient (Wildman–Crippen LogP) is 3.07. The zero-order valence-electron chi connectivity index (χ0n) is 7.42. The Morgan fingerprint density at radius 3 is 2.31 bits per heavy atom. The minimum atomic E-state index is -0.622. The van der Waals surface area contributed by atoms with E-state index in [9.17, 15) is 8.78 Å². The number of hydrogen-bond donors (Lipinski definition) is 1. The Labute approximate surface area is 80.5 Å². The number of anilines is 1. The lowest BCUT2D eigenvalue weighted by molar-refractivity contribution is 0.585. The fourth-order valence-electron chi connectivity index (χ4n) is 1.19. The molecule has 4 heteroatoms. The molecule has 72 valence electrons. The first-order valence-corrected chi connectivity index (χ1v) is 4.29. The average Bonchev–Trinajstić information content (AvgIpc) is 2.13. The zero-order chi connectivity index (χ0) is 10.2. The quantitative estimate of drug-likeness (QED) is 0.554. The Balaban J connectivity index is 3.56. The van der Waals surface area contributed by atoms with Crippen LogP contribution in [-0.4, -0.2) is 0 Å².